The van der Waals surface area contributed by atoms with Gasteiger partial charge < -0.3 is 10.1 Å². The highest BCUT2D eigenvalue weighted by Gasteiger charge is 2.30. The van der Waals surface area contributed by atoms with Gasteiger partial charge in [0.05, 0.1) is 11.8 Å². The molecule has 0 aliphatic carbocycles. The van der Waals surface area contributed by atoms with Crippen LogP contribution in [-0.4, -0.2) is 32.0 Å². The lowest BCUT2D eigenvalue weighted by atomic mass is 9.90. The Morgan fingerprint density at radius 1 is 1.40 bits per heavy atom. The quantitative estimate of drug-likeness (QED) is 0.434. The Labute approximate surface area is 182 Å². The third kappa shape index (κ3) is 6.10. The number of nitrogens with one attached hydrogen (secondary N) is 1. The van der Waals surface area contributed by atoms with E-state index < -0.39 is 5.54 Å². The van der Waals surface area contributed by atoms with Crippen molar-refractivity contribution in [2.24, 2.45) is 5.92 Å². The number of carbonyl (C=O) groups excluding carboxylic acids is 1. The summed E-state index contributed by atoms with van der Waals surface area (Å²) < 4.78 is 7.71. The Balaban J connectivity index is 2.01. The van der Waals surface area contributed by atoms with Crippen LogP contribution in [0.1, 0.15) is 39.1 Å². The topological polar surface area (TPSA) is 92.8 Å². The lowest BCUT2D eigenvalue weighted by molar-refractivity contribution is -0.120. The van der Waals surface area contributed by atoms with Crippen molar-refractivity contribution in [3.8, 4) is 11.8 Å². The summed E-state index contributed by atoms with van der Waals surface area (Å²) in [5, 5.41) is 21.2. The number of carbonyl (C=O) groups is 1. The van der Waals surface area contributed by atoms with E-state index >= 15 is 0 Å². The number of rotatable bonds is 11. The van der Waals surface area contributed by atoms with E-state index in [0.717, 1.165) is 12.2 Å². The van der Waals surface area contributed by atoms with Gasteiger partial charge in [-0.3, -0.25) is 9.36 Å². The number of allylic oxidation sites excluding steroid dienone is 1. The maximum Gasteiger partial charge on any atom is 0.231 e. The van der Waals surface area contributed by atoms with E-state index in [4.69, 9.17) is 4.74 Å². The Bertz CT molecular complexity index is 901. The summed E-state index contributed by atoms with van der Waals surface area (Å²) >= 11 is 1.27. The fourth-order valence-corrected chi connectivity index (χ4v) is 3.34. The van der Waals surface area contributed by atoms with Crippen LogP contribution in [0.3, 0.4) is 0 Å². The van der Waals surface area contributed by atoms with Crippen LogP contribution in [0.25, 0.3) is 0 Å². The first-order chi connectivity index (χ1) is 14.3. The minimum atomic E-state index is -0.904. The van der Waals surface area contributed by atoms with Crippen LogP contribution in [-0.2, 0) is 24.4 Å². The maximum atomic E-state index is 12.3. The molecule has 1 aromatic heterocycles. The molecular formula is C22H29N5O2S. The van der Waals surface area contributed by atoms with E-state index in [0.29, 0.717) is 17.5 Å². The van der Waals surface area contributed by atoms with Crippen molar-refractivity contribution in [1.29, 1.82) is 5.26 Å². The van der Waals surface area contributed by atoms with Crippen LogP contribution in [0.4, 0.5) is 0 Å². The number of thioether (sulfide) groups is 1. The summed E-state index contributed by atoms with van der Waals surface area (Å²) in [6, 6.07) is 10.1. The number of amides is 1. The number of aromatic nitrogens is 3. The number of hydrogen-bond donors (Lipinski definition) is 1. The van der Waals surface area contributed by atoms with Crippen molar-refractivity contribution in [3.05, 3.63) is 48.3 Å². The highest BCUT2D eigenvalue weighted by Crippen LogP contribution is 2.20. The highest BCUT2D eigenvalue weighted by molar-refractivity contribution is 7.99. The molecule has 1 atom stereocenters. The number of aryl methyl sites for hydroxylation is 1. The zero-order chi connectivity index (χ0) is 22.1. The molecule has 1 aromatic carbocycles. The van der Waals surface area contributed by atoms with Gasteiger partial charge in [0.15, 0.2) is 11.0 Å². The molecule has 0 spiro atoms. The Kier molecular flexibility index (Phi) is 8.48. The predicted octanol–water partition coefficient (Wildman–Crippen LogP) is 3.75. The zero-order valence-corrected chi connectivity index (χ0v) is 18.8. The van der Waals surface area contributed by atoms with Crippen LogP contribution in [0.2, 0.25) is 0 Å². The second kappa shape index (κ2) is 10.8. The van der Waals surface area contributed by atoms with Crippen LogP contribution < -0.4 is 10.1 Å². The van der Waals surface area contributed by atoms with E-state index in [1.807, 2.05) is 42.7 Å². The largest absolute Gasteiger partial charge is 0.486 e. The lowest BCUT2D eigenvalue weighted by Crippen LogP contribution is -2.49. The van der Waals surface area contributed by atoms with Gasteiger partial charge in [-0.1, -0.05) is 50.7 Å². The van der Waals surface area contributed by atoms with Gasteiger partial charge in [0.25, 0.3) is 0 Å². The van der Waals surface area contributed by atoms with Gasteiger partial charge in [-0.05, 0) is 37.0 Å². The third-order valence-electron chi connectivity index (χ3n) is 4.92. The molecule has 160 valence electrons. The monoisotopic (exact) mass is 427 g/mol. The highest BCUT2D eigenvalue weighted by atomic mass is 32.2. The molecule has 8 heteroatoms. The molecule has 0 fully saturated rings. The molecule has 0 aliphatic rings. The molecule has 0 bridgehead atoms. The Morgan fingerprint density at radius 2 is 2.10 bits per heavy atom. The normalized spacial score (nSPS) is 12.8. The Morgan fingerprint density at radius 3 is 2.67 bits per heavy atom. The van der Waals surface area contributed by atoms with Gasteiger partial charge in [0.2, 0.25) is 5.91 Å². The second-order valence-corrected chi connectivity index (χ2v) is 8.33. The fourth-order valence-electron chi connectivity index (χ4n) is 2.57. The molecule has 1 amide bonds. The molecule has 2 rings (SSSR count). The van der Waals surface area contributed by atoms with Crippen LogP contribution in [0.5, 0.6) is 5.75 Å². The molecule has 0 unspecified atom stereocenters. The van der Waals surface area contributed by atoms with Gasteiger partial charge in [-0.25, -0.2) is 0 Å². The van der Waals surface area contributed by atoms with Crippen molar-refractivity contribution in [3.63, 3.8) is 0 Å². The van der Waals surface area contributed by atoms with Crippen molar-refractivity contribution in [2.45, 2.75) is 58.0 Å². The first kappa shape index (κ1) is 23.5. The number of hydrogen-bond acceptors (Lipinski definition) is 6. The van der Waals surface area contributed by atoms with E-state index in [2.05, 4.69) is 35.1 Å². The molecular weight excluding hydrogens is 398 g/mol. The summed E-state index contributed by atoms with van der Waals surface area (Å²) in [6.07, 6.45) is 2.73. The standard InChI is InChI=1S/C22H29N5O2S/c1-6-12-27-19(13-29-18-10-8-17(7-2)9-11-18)25-26-21(27)30-14-20(28)24-22(5,15-23)16(3)4/h6,8-11,16H,1,7,12-14H2,2-5H3,(H,24,28)/t22-/m0/s1. The second-order valence-electron chi connectivity index (χ2n) is 7.39. The molecule has 0 radical (unpaired) electrons. The first-order valence-corrected chi connectivity index (χ1v) is 10.9. The number of benzene rings is 1. The molecule has 0 aliphatic heterocycles. The zero-order valence-electron chi connectivity index (χ0n) is 18.0. The summed E-state index contributed by atoms with van der Waals surface area (Å²) in [7, 11) is 0. The molecule has 1 N–H and O–H groups in total. The van der Waals surface area contributed by atoms with Gasteiger partial charge >= 0.3 is 0 Å². The van der Waals surface area contributed by atoms with Crippen molar-refractivity contribution >= 4 is 17.7 Å². The summed E-state index contributed by atoms with van der Waals surface area (Å²) in [5.74, 6) is 1.33. The minimum Gasteiger partial charge on any atom is -0.486 e. The minimum absolute atomic E-state index is 0.00369. The molecule has 2 aromatic rings. The average Bonchev–Trinajstić information content (AvgIpc) is 3.12. The fraction of sp³-hybridized carbons (Fsp3) is 0.455. The van der Waals surface area contributed by atoms with Crippen LogP contribution in [0, 0.1) is 17.2 Å². The molecule has 7 nitrogen and oxygen atoms in total. The summed E-state index contributed by atoms with van der Waals surface area (Å²) in [5.41, 5.74) is 0.345. The van der Waals surface area contributed by atoms with Gasteiger partial charge in [0.1, 0.15) is 17.9 Å². The van der Waals surface area contributed by atoms with Crippen LogP contribution >= 0.6 is 11.8 Å². The Hall–Kier alpha value is -2.79. The smallest absolute Gasteiger partial charge is 0.231 e. The van der Waals surface area contributed by atoms with Gasteiger partial charge in [0, 0.05) is 6.54 Å². The summed E-state index contributed by atoms with van der Waals surface area (Å²) in [6.45, 7) is 12.2. The van der Waals surface area contributed by atoms with E-state index in [9.17, 15) is 10.1 Å². The first-order valence-electron chi connectivity index (χ1n) is 9.92. The van der Waals surface area contributed by atoms with Crippen LogP contribution in [0.15, 0.2) is 42.1 Å². The van der Waals surface area contributed by atoms with Crippen molar-refractivity contribution in [2.75, 3.05) is 5.75 Å². The van der Waals surface area contributed by atoms with E-state index in [-0.39, 0.29) is 24.2 Å². The third-order valence-corrected chi connectivity index (χ3v) is 5.89. The molecule has 0 saturated heterocycles. The molecule has 30 heavy (non-hydrogen) atoms. The molecule has 1 heterocycles. The van der Waals surface area contributed by atoms with Crippen molar-refractivity contribution in [1.82, 2.24) is 20.1 Å². The van der Waals surface area contributed by atoms with Gasteiger partial charge in [-0.2, -0.15) is 5.26 Å². The number of nitrogens with zero attached hydrogens (tertiary/aromatic N) is 4. The number of ether oxygens (including phenoxy) is 1. The predicted molar refractivity (Wildman–Crippen MR) is 118 cm³/mol. The van der Waals surface area contributed by atoms with E-state index in [1.54, 1.807) is 13.0 Å². The van der Waals surface area contributed by atoms with Gasteiger partial charge in [-0.15, -0.1) is 16.8 Å². The molecule has 0 saturated carbocycles. The SMILES string of the molecule is C=CCn1c(COc2ccc(CC)cc2)nnc1SCC(=O)N[C@@](C)(C#N)C(C)C. The summed E-state index contributed by atoms with van der Waals surface area (Å²) in [4.78, 5) is 12.3. The van der Waals surface area contributed by atoms with E-state index in [1.165, 1.54) is 17.3 Å². The average molecular weight is 428 g/mol. The maximum absolute atomic E-state index is 12.3. The van der Waals surface area contributed by atoms with Crippen molar-refractivity contribution < 1.29 is 9.53 Å². The number of nitriles is 1. The lowest BCUT2D eigenvalue weighted by Gasteiger charge is -2.27.